The van der Waals surface area contributed by atoms with Gasteiger partial charge in [0.05, 0.1) is 6.10 Å². The Hall–Kier alpha value is -5.29. The molecule has 4 aromatic rings. The average Bonchev–Trinajstić information content (AvgIpc) is 3.93. The number of aliphatic hydroxyl groups excluding tert-OH is 1. The quantitative estimate of drug-likeness (QED) is 0.150. The number of benzene rings is 1. The van der Waals surface area contributed by atoms with Crippen molar-refractivity contribution in [2.45, 2.75) is 95.6 Å². The molecule has 0 saturated carbocycles. The fourth-order valence-corrected chi connectivity index (χ4v) is 7.72. The van der Waals surface area contributed by atoms with Crippen molar-refractivity contribution in [1.29, 1.82) is 0 Å². The number of nitrogens with zero attached hydrogens (tertiary/aromatic N) is 3. The van der Waals surface area contributed by atoms with Crippen molar-refractivity contribution in [2.75, 3.05) is 13.1 Å². The number of amides is 6. The molecule has 1 aromatic carbocycles. The number of carbonyl (C=O) groups is 6. The van der Waals surface area contributed by atoms with Crippen LogP contribution in [0.25, 0.3) is 15.9 Å². The lowest BCUT2D eigenvalue weighted by molar-refractivity contribution is -0.142. The van der Waals surface area contributed by atoms with Crippen molar-refractivity contribution in [1.82, 2.24) is 45.9 Å². The summed E-state index contributed by atoms with van der Waals surface area (Å²) in [6.45, 7) is 5.43. The van der Waals surface area contributed by atoms with Gasteiger partial charge >= 0.3 is 0 Å². The lowest BCUT2D eigenvalue weighted by atomic mass is 10.00. The highest BCUT2D eigenvalue weighted by molar-refractivity contribution is 7.15. The second-order valence-corrected chi connectivity index (χ2v) is 15.3. The summed E-state index contributed by atoms with van der Waals surface area (Å²) in [4.78, 5) is 91.8. The minimum atomic E-state index is -1.17. The number of thiazole rings is 1. The molecule has 2 aliphatic rings. The molecule has 54 heavy (non-hydrogen) atoms. The van der Waals surface area contributed by atoms with E-state index >= 15 is 0 Å². The summed E-state index contributed by atoms with van der Waals surface area (Å²) >= 11 is 1.36. The van der Waals surface area contributed by atoms with Gasteiger partial charge in [-0.1, -0.05) is 32.0 Å². The van der Waals surface area contributed by atoms with Crippen LogP contribution in [0.1, 0.15) is 68.9 Å². The maximum atomic E-state index is 14.2. The van der Waals surface area contributed by atoms with Crippen molar-refractivity contribution in [3.8, 4) is 0 Å². The van der Waals surface area contributed by atoms with Crippen LogP contribution in [0.15, 0.2) is 48.2 Å². The van der Waals surface area contributed by atoms with Gasteiger partial charge in [-0.25, -0.2) is 4.98 Å². The van der Waals surface area contributed by atoms with Crippen LogP contribution in [0.3, 0.4) is 0 Å². The van der Waals surface area contributed by atoms with Crippen LogP contribution in [-0.2, 0) is 30.4 Å². The minimum absolute atomic E-state index is 0.0313. The lowest BCUT2D eigenvalue weighted by Crippen LogP contribution is -2.59. The molecule has 3 aromatic heterocycles. The third-order valence-electron chi connectivity index (χ3n) is 9.84. The molecule has 17 heteroatoms. The molecule has 6 atom stereocenters. The van der Waals surface area contributed by atoms with E-state index in [2.05, 4.69) is 36.6 Å². The first kappa shape index (κ1) is 38.4. The number of fused-ring (bicyclic) bond motifs is 3. The second-order valence-electron chi connectivity index (χ2n) is 14.5. The van der Waals surface area contributed by atoms with E-state index in [9.17, 15) is 33.9 Å². The topological polar surface area (TPSA) is 219 Å². The Morgan fingerprint density at radius 1 is 1.02 bits per heavy atom. The van der Waals surface area contributed by atoms with Gasteiger partial charge in [0.15, 0.2) is 4.96 Å². The first-order valence-corrected chi connectivity index (χ1v) is 19.2. The number of imidazole rings is 1. The van der Waals surface area contributed by atoms with Crippen molar-refractivity contribution in [3.63, 3.8) is 0 Å². The van der Waals surface area contributed by atoms with Crippen LogP contribution in [-0.4, -0.2) is 109 Å². The zero-order valence-corrected chi connectivity index (χ0v) is 31.3. The number of H-pyrrole nitrogens is 1. The number of hydrogen-bond acceptors (Lipinski definition) is 9. The van der Waals surface area contributed by atoms with E-state index in [-0.39, 0.29) is 50.4 Å². The Bertz CT molecular complexity index is 1990. The molecule has 0 spiro atoms. The molecule has 6 rings (SSSR count). The summed E-state index contributed by atoms with van der Waals surface area (Å²) in [6.07, 6.45) is 5.52. The highest BCUT2D eigenvalue weighted by Gasteiger charge is 2.42. The molecule has 2 saturated heterocycles. The summed E-state index contributed by atoms with van der Waals surface area (Å²) in [7, 11) is 0. The molecule has 16 nitrogen and oxygen atoms in total. The molecular weight excluding hydrogens is 715 g/mol. The van der Waals surface area contributed by atoms with E-state index in [4.69, 9.17) is 0 Å². The number of aromatic amines is 1. The van der Waals surface area contributed by atoms with Crippen LogP contribution in [0.5, 0.6) is 0 Å². The standard InChI is InChI=1S/C37H47N9O7S/c1-20(2)14-28-36(53)46-18-23(47)16-30(46)35(52)38-11-7-6-10-26(41-34(51)29-19-45-12-13-54-37(45)44-29)32(49)40-21(3)31(48)42-27(33(50)43-28)15-22-17-39-25-9-5-4-8-24(22)25/h4-5,8-9,12-13,17,19-21,23,26-28,30,39,47H,6-7,10-11,14-16,18H2,1-3H3,(H,38,52)(H,40,49)(H,41,51)(H,42,48)(H,43,50)/t21-,23-,26+,27+,28-,30+/m1/s1. The molecule has 0 aliphatic carbocycles. The predicted molar refractivity (Wildman–Crippen MR) is 200 cm³/mol. The number of para-hydroxylation sites is 1. The molecule has 0 radical (unpaired) electrons. The second kappa shape index (κ2) is 16.8. The van der Waals surface area contributed by atoms with Crippen LogP contribution < -0.4 is 26.6 Å². The maximum Gasteiger partial charge on any atom is 0.272 e. The number of rotatable bonds is 6. The Kier molecular flexibility index (Phi) is 12.0. The third-order valence-corrected chi connectivity index (χ3v) is 10.6. The zero-order chi connectivity index (χ0) is 38.5. The fraction of sp³-hybridized carbons (Fsp3) is 0.486. The Morgan fingerprint density at radius 3 is 2.57 bits per heavy atom. The Labute approximate surface area is 315 Å². The predicted octanol–water partition coefficient (Wildman–Crippen LogP) is 1.00. The van der Waals surface area contributed by atoms with E-state index in [0.717, 1.165) is 16.5 Å². The smallest absolute Gasteiger partial charge is 0.272 e. The van der Waals surface area contributed by atoms with Gasteiger partial charge < -0.3 is 41.6 Å². The van der Waals surface area contributed by atoms with Gasteiger partial charge in [0.25, 0.3) is 5.91 Å². The molecule has 288 valence electrons. The van der Waals surface area contributed by atoms with Crippen LogP contribution >= 0.6 is 11.3 Å². The van der Waals surface area contributed by atoms with Gasteiger partial charge in [0.1, 0.15) is 35.9 Å². The SMILES string of the molecule is CC(C)C[C@H]1NC(=O)[C@H](Cc2c[nH]c3ccccc23)NC(=O)[C@@H](C)NC(=O)[C@@H](NC(=O)c2cn3ccsc3n2)CCCCNC(=O)[C@@H]2C[C@@H](O)CN2C1=O. The first-order valence-electron chi connectivity index (χ1n) is 18.3. The molecule has 6 amide bonds. The van der Waals surface area contributed by atoms with E-state index < -0.39 is 71.8 Å². The maximum absolute atomic E-state index is 14.2. The normalized spacial score (nSPS) is 25.4. The molecule has 0 unspecified atom stereocenters. The summed E-state index contributed by atoms with van der Waals surface area (Å²) in [6, 6.07) is 2.18. The third kappa shape index (κ3) is 8.90. The average molecular weight is 762 g/mol. The van der Waals surface area contributed by atoms with E-state index in [1.54, 1.807) is 23.0 Å². The number of hydrogen-bond donors (Lipinski definition) is 7. The van der Waals surface area contributed by atoms with E-state index in [1.807, 2.05) is 43.5 Å². The minimum Gasteiger partial charge on any atom is -0.391 e. The van der Waals surface area contributed by atoms with Gasteiger partial charge in [-0.15, -0.1) is 11.3 Å². The molecular formula is C37H47N9O7S. The van der Waals surface area contributed by atoms with Crippen molar-refractivity contribution in [3.05, 3.63) is 59.5 Å². The van der Waals surface area contributed by atoms with Gasteiger partial charge in [-0.3, -0.25) is 33.2 Å². The molecule has 2 fully saturated rings. The van der Waals surface area contributed by atoms with Gasteiger partial charge in [0.2, 0.25) is 29.5 Å². The summed E-state index contributed by atoms with van der Waals surface area (Å²) in [5, 5.41) is 27.2. The van der Waals surface area contributed by atoms with E-state index in [0.29, 0.717) is 17.8 Å². The lowest BCUT2D eigenvalue weighted by Gasteiger charge is -2.30. The number of aliphatic hydroxyl groups is 1. The number of carbonyl (C=O) groups excluding carboxylic acids is 6. The molecule has 7 N–H and O–H groups in total. The highest BCUT2D eigenvalue weighted by Crippen LogP contribution is 2.23. The van der Waals surface area contributed by atoms with Crippen molar-refractivity contribution < 1.29 is 33.9 Å². The van der Waals surface area contributed by atoms with Crippen molar-refractivity contribution in [2.24, 2.45) is 5.92 Å². The summed E-state index contributed by atoms with van der Waals surface area (Å²) < 4.78 is 1.70. The number of nitrogens with one attached hydrogen (secondary N) is 6. The Balaban J connectivity index is 1.28. The van der Waals surface area contributed by atoms with Gasteiger partial charge in [0, 0.05) is 60.8 Å². The Morgan fingerprint density at radius 2 is 1.80 bits per heavy atom. The fourth-order valence-electron chi connectivity index (χ4n) is 7.02. The largest absolute Gasteiger partial charge is 0.391 e. The number of aromatic nitrogens is 3. The van der Waals surface area contributed by atoms with Gasteiger partial charge in [-0.2, -0.15) is 0 Å². The summed E-state index contributed by atoms with van der Waals surface area (Å²) in [5.74, 6) is -3.42. The molecule has 0 bridgehead atoms. The first-order chi connectivity index (χ1) is 25.9. The van der Waals surface area contributed by atoms with Gasteiger partial charge in [-0.05, 0) is 50.2 Å². The highest BCUT2D eigenvalue weighted by atomic mass is 32.1. The zero-order valence-electron chi connectivity index (χ0n) is 30.5. The van der Waals surface area contributed by atoms with E-state index in [1.165, 1.54) is 23.2 Å². The van der Waals surface area contributed by atoms with Crippen LogP contribution in [0.2, 0.25) is 0 Å². The summed E-state index contributed by atoms with van der Waals surface area (Å²) in [5.41, 5.74) is 1.71. The molecule has 2 aliphatic heterocycles. The monoisotopic (exact) mass is 761 g/mol. The van der Waals surface area contributed by atoms with Crippen molar-refractivity contribution >= 4 is 62.6 Å². The van der Waals surface area contributed by atoms with Crippen LogP contribution in [0, 0.1) is 5.92 Å². The van der Waals surface area contributed by atoms with Crippen LogP contribution in [0.4, 0.5) is 0 Å². The molecule has 5 heterocycles.